The summed E-state index contributed by atoms with van der Waals surface area (Å²) in [7, 11) is 3.97. The van der Waals surface area contributed by atoms with Crippen molar-refractivity contribution in [3.63, 3.8) is 0 Å². The van der Waals surface area contributed by atoms with Crippen LogP contribution in [0.15, 0.2) is 24.3 Å². The molecule has 0 radical (unpaired) electrons. The Labute approximate surface area is 137 Å². The summed E-state index contributed by atoms with van der Waals surface area (Å²) in [5, 5.41) is 13.0. The molecule has 2 amide bonds. The van der Waals surface area contributed by atoms with Crippen LogP contribution in [-0.2, 0) is 6.42 Å². The Morgan fingerprint density at radius 2 is 2.09 bits per heavy atom. The Kier molecular flexibility index (Phi) is 5.26. The Balaban J connectivity index is 1.95. The molecule has 0 spiro atoms. The molecule has 1 aromatic carbocycles. The summed E-state index contributed by atoms with van der Waals surface area (Å²) in [4.78, 5) is 14.2. The van der Waals surface area contributed by atoms with Gasteiger partial charge in [-0.3, -0.25) is 5.10 Å². The molecular formula is C17H25N5O. The minimum Gasteiger partial charge on any atom is -0.377 e. The summed E-state index contributed by atoms with van der Waals surface area (Å²) in [6.45, 7) is 5.93. The fraction of sp³-hybridized carbons (Fsp3) is 0.412. The van der Waals surface area contributed by atoms with Gasteiger partial charge in [0.25, 0.3) is 0 Å². The van der Waals surface area contributed by atoms with Gasteiger partial charge in [-0.05, 0) is 44.5 Å². The maximum Gasteiger partial charge on any atom is 0.319 e. The molecule has 1 heterocycles. The van der Waals surface area contributed by atoms with Crippen molar-refractivity contribution in [1.29, 1.82) is 0 Å². The average Bonchev–Trinajstić information content (AvgIpc) is 2.85. The van der Waals surface area contributed by atoms with Gasteiger partial charge in [0.15, 0.2) is 0 Å². The fourth-order valence-electron chi connectivity index (χ4n) is 2.57. The lowest BCUT2D eigenvalue weighted by molar-refractivity contribution is 0.249. The molecule has 23 heavy (non-hydrogen) atoms. The van der Waals surface area contributed by atoms with Crippen LogP contribution in [0.5, 0.6) is 0 Å². The molecule has 0 aliphatic heterocycles. The van der Waals surface area contributed by atoms with Crippen LogP contribution in [0.3, 0.4) is 0 Å². The van der Waals surface area contributed by atoms with Crippen molar-refractivity contribution in [1.82, 2.24) is 15.5 Å². The second-order valence-electron chi connectivity index (χ2n) is 6.09. The van der Waals surface area contributed by atoms with Gasteiger partial charge in [0.05, 0.1) is 5.69 Å². The number of hydrogen-bond donors (Lipinski definition) is 3. The first-order chi connectivity index (χ1) is 10.9. The predicted molar refractivity (Wildman–Crippen MR) is 94.2 cm³/mol. The smallest absolute Gasteiger partial charge is 0.319 e. The number of H-pyrrole nitrogens is 1. The highest BCUT2D eigenvalue weighted by atomic mass is 16.2. The number of benzene rings is 1. The molecular weight excluding hydrogens is 290 g/mol. The van der Waals surface area contributed by atoms with E-state index in [2.05, 4.69) is 20.8 Å². The number of amides is 2. The van der Waals surface area contributed by atoms with Gasteiger partial charge >= 0.3 is 6.03 Å². The lowest BCUT2D eigenvalue weighted by Gasteiger charge is -2.19. The summed E-state index contributed by atoms with van der Waals surface area (Å²) in [5.41, 5.74) is 4.91. The number of aromatic nitrogens is 2. The van der Waals surface area contributed by atoms with E-state index in [1.54, 1.807) is 0 Å². The van der Waals surface area contributed by atoms with Crippen LogP contribution in [0.25, 0.3) is 0 Å². The summed E-state index contributed by atoms with van der Waals surface area (Å²) < 4.78 is 0. The molecule has 2 aromatic rings. The second kappa shape index (κ2) is 7.17. The number of rotatable bonds is 5. The highest BCUT2D eigenvalue weighted by molar-refractivity contribution is 5.91. The highest BCUT2D eigenvalue weighted by Gasteiger charge is 2.12. The van der Waals surface area contributed by atoms with Crippen LogP contribution in [0.4, 0.5) is 16.2 Å². The van der Waals surface area contributed by atoms with Crippen LogP contribution >= 0.6 is 0 Å². The molecule has 124 valence electrons. The molecule has 2 rings (SSSR count). The van der Waals surface area contributed by atoms with Crippen LogP contribution in [0, 0.1) is 13.8 Å². The van der Waals surface area contributed by atoms with Crippen LogP contribution in [0.1, 0.15) is 23.9 Å². The van der Waals surface area contributed by atoms with E-state index in [1.807, 2.05) is 64.0 Å². The van der Waals surface area contributed by atoms with E-state index < -0.39 is 0 Å². The predicted octanol–water partition coefficient (Wildman–Crippen LogP) is 2.85. The molecule has 6 heteroatoms. The van der Waals surface area contributed by atoms with E-state index in [1.165, 1.54) is 0 Å². The zero-order valence-corrected chi connectivity index (χ0v) is 14.4. The van der Waals surface area contributed by atoms with E-state index in [-0.39, 0.29) is 12.1 Å². The third-order valence-corrected chi connectivity index (χ3v) is 3.69. The van der Waals surface area contributed by atoms with E-state index in [0.717, 1.165) is 28.3 Å². The van der Waals surface area contributed by atoms with Crippen LogP contribution in [-0.4, -0.2) is 36.4 Å². The van der Waals surface area contributed by atoms with Crippen molar-refractivity contribution < 1.29 is 4.79 Å². The fourth-order valence-corrected chi connectivity index (χ4v) is 2.57. The SMILES string of the molecule is Cc1cc(C[C@@H](C)NC(=O)Nc2cccc(N(C)C)c2C)n[nH]1. The van der Waals surface area contributed by atoms with E-state index >= 15 is 0 Å². The standard InChI is InChI=1S/C17H25N5O/c1-11(9-14-10-12(2)20-21-14)18-17(23)19-15-7-6-8-16(13(15)3)22(4)5/h6-8,10-11H,9H2,1-5H3,(H,20,21)(H2,18,19,23)/t11-/m1/s1. The zero-order valence-electron chi connectivity index (χ0n) is 14.4. The molecule has 0 saturated carbocycles. The lowest BCUT2D eigenvalue weighted by Crippen LogP contribution is -2.37. The van der Waals surface area contributed by atoms with Gasteiger partial charge in [-0.2, -0.15) is 5.10 Å². The number of hydrogen-bond acceptors (Lipinski definition) is 3. The molecule has 0 saturated heterocycles. The third-order valence-electron chi connectivity index (χ3n) is 3.69. The molecule has 6 nitrogen and oxygen atoms in total. The first-order valence-corrected chi connectivity index (χ1v) is 7.72. The number of nitrogens with zero attached hydrogens (tertiary/aromatic N) is 2. The number of aryl methyl sites for hydroxylation is 1. The summed E-state index contributed by atoms with van der Waals surface area (Å²) in [6, 6.07) is 7.65. The van der Waals surface area contributed by atoms with Crippen molar-refractivity contribution in [3.05, 3.63) is 41.2 Å². The number of urea groups is 1. The zero-order chi connectivity index (χ0) is 17.0. The molecule has 0 aliphatic carbocycles. The largest absolute Gasteiger partial charge is 0.377 e. The first-order valence-electron chi connectivity index (χ1n) is 7.72. The first kappa shape index (κ1) is 16.9. The summed E-state index contributed by atoms with van der Waals surface area (Å²) >= 11 is 0. The third kappa shape index (κ3) is 4.48. The second-order valence-corrected chi connectivity index (χ2v) is 6.09. The summed E-state index contributed by atoms with van der Waals surface area (Å²) in [6.07, 6.45) is 0.689. The lowest BCUT2D eigenvalue weighted by atomic mass is 10.1. The van der Waals surface area contributed by atoms with Crippen molar-refractivity contribution in [2.45, 2.75) is 33.2 Å². The van der Waals surface area contributed by atoms with Gasteiger partial charge in [-0.25, -0.2) is 4.79 Å². The Bertz CT molecular complexity index is 677. The van der Waals surface area contributed by atoms with Crippen molar-refractivity contribution in [2.24, 2.45) is 0 Å². The quantitative estimate of drug-likeness (QED) is 0.794. The normalized spacial score (nSPS) is 11.9. The number of carbonyl (C=O) groups is 1. The minimum absolute atomic E-state index is 0.00459. The number of aromatic amines is 1. The maximum absolute atomic E-state index is 12.2. The van der Waals surface area contributed by atoms with Crippen molar-refractivity contribution in [2.75, 3.05) is 24.3 Å². The molecule has 3 N–H and O–H groups in total. The molecule has 0 fully saturated rings. The summed E-state index contributed by atoms with van der Waals surface area (Å²) in [5.74, 6) is 0. The monoisotopic (exact) mass is 315 g/mol. The molecule has 0 bridgehead atoms. The number of anilines is 2. The van der Waals surface area contributed by atoms with Crippen LogP contribution in [0.2, 0.25) is 0 Å². The topological polar surface area (TPSA) is 73.1 Å². The van der Waals surface area contributed by atoms with Gasteiger partial charge in [-0.1, -0.05) is 6.07 Å². The van der Waals surface area contributed by atoms with Gasteiger partial charge < -0.3 is 15.5 Å². The van der Waals surface area contributed by atoms with E-state index in [0.29, 0.717) is 6.42 Å². The average molecular weight is 315 g/mol. The maximum atomic E-state index is 12.2. The molecule has 1 aromatic heterocycles. The van der Waals surface area contributed by atoms with Gasteiger partial charge in [0.2, 0.25) is 0 Å². The Morgan fingerprint density at radius 3 is 2.70 bits per heavy atom. The minimum atomic E-state index is -0.205. The highest BCUT2D eigenvalue weighted by Crippen LogP contribution is 2.25. The Hall–Kier alpha value is -2.50. The van der Waals surface area contributed by atoms with E-state index in [4.69, 9.17) is 0 Å². The van der Waals surface area contributed by atoms with Crippen molar-refractivity contribution in [3.8, 4) is 0 Å². The molecule has 0 aliphatic rings. The Morgan fingerprint density at radius 1 is 1.35 bits per heavy atom. The number of nitrogens with one attached hydrogen (secondary N) is 3. The molecule has 0 unspecified atom stereocenters. The van der Waals surface area contributed by atoms with Gasteiger partial charge in [0.1, 0.15) is 0 Å². The van der Waals surface area contributed by atoms with Crippen LogP contribution < -0.4 is 15.5 Å². The van der Waals surface area contributed by atoms with Crippen molar-refractivity contribution >= 4 is 17.4 Å². The number of carbonyl (C=O) groups excluding carboxylic acids is 1. The van der Waals surface area contributed by atoms with E-state index in [9.17, 15) is 4.79 Å². The molecule has 1 atom stereocenters. The van der Waals surface area contributed by atoms with Gasteiger partial charge in [0, 0.05) is 43.6 Å². The van der Waals surface area contributed by atoms with Gasteiger partial charge in [-0.15, -0.1) is 0 Å².